The van der Waals surface area contributed by atoms with Crippen LogP contribution in [0.1, 0.15) is 38.5 Å². The lowest BCUT2D eigenvalue weighted by Crippen LogP contribution is -1.70. The maximum atomic E-state index is 2.31. The first kappa shape index (κ1) is 10.3. The molecule has 0 heteroatoms. The summed E-state index contributed by atoms with van der Waals surface area (Å²) in [7, 11) is 0. The second-order valence-corrected chi connectivity index (χ2v) is 3.35. The van der Waals surface area contributed by atoms with Gasteiger partial charge in [0.2, 0.25) is 0 Å². The normalized spacial score (nSPS) is 27.7. The summed E-state index contributed by atoms with van der Waals surface area (Å²) >= 11 is 0. The van der Waals surface area contributed by atoms with Crippen LogP contribution < -0.4 is 0 Å². The number of rotatable bonds is 0. The summed E-state index contributed by atoms with van der Waals surface area (Å²) in [5.74, 6) is 0. The van der Waals surface area contributed by atoms with E-state index in [0.717, 1.165) is 6.42 Å². The molecule has 0 saturated carbocycles. The molecule has 0 bridgehead atoms. The molecule has 0 fully saturated rings. The van der Waals surface area contributed by atoms with Crippen molar-refractivity contribution < 1.29 is 0 Å². The van der Waals surface area contributed by atoms with Crippen LogP contribution in [0.4, 0.5) is 0 Å². The Hall–Kier alpha value is -0.780. The zero-order chi connectivity index (χ0) is 9.19. The van der Waals surface area contributed by atoms with Gasteiger partial charge in [0, 0.05) is 0 Å². The van der Waals surface area contributed by atoms with Gasteiger partial charge >= 0.3 is 0 Å². The Balaban J connectivity index is 2.27. The first-order valence-electron chi connectivity index (χ1n) is 5.28. The minimum absolute atomic E-state index is 1.08. The lowest BCUT2D eigenvalue weighted by molar-refractivity contribution is 0.862. The molecule has 0 atom stereocenters. The summed E-state index contributed by atoms with van der Waals surface area (Å²) in [6.45, 7) is 0. The highest BCUT2D eigenvalue weighted by molar-refractivity contribution is 5.00. The number of allylic oxidation sites excluding steroid dienone is 6. The third kappa shape index (κ3) is 6.39. The fraction of sp³-hybridized carbons (Fsp3) is 0.462. The van der Waals surface area contributed by atoms with E-state index in [2.05, 4.69) is 42.9 Å². The zero-order valence-corrected chi connectivity index (χ0v) is 8.28. The molecular weight excluding hydrogens is 156 g/mol. The van der Waals surface area contributed by atoms with Crippen LogP contribution in [0.2, 0.25) is 0 Å². The van der Waals surface area contributed by atoms with E-state index in [1.165, 1.54) is 32.1 Å². The molecular formula is C13H19. The van der Waals surface area contributed by atoms with Gasteiger partial charge < -0.3 is 0 Å². The molecule has 0 amide bonds. The smallest absolute Gasteiger partial charge is 0.0133 e. The summed E-state index contributed by atoms with van der Waals surface area (Å²) in [6, 6.07) is 0. The van der Waals surface area contributed by atoms with Crippen LogP contribution in [0.15, 0.2) is 36.5 Å². The highest BCUT2D eigenvalue weighted by Crippen LogP contribution is 2.03. The molecule has 1 radical (unpaired) electrons. The van der Waals surface area contributed by atoms with Crippen LogP contribution in [-0.2, 0) is 0 Å². The van der Waals surface area contributed by atoms with Gasteiger partial charge in [-0.2, -0.15) is 0 Å². The van der Waals surface area contributed by atoms with E-state index < -0.39 is 0 Å². The van der Waals surface area contributed by atoms with Crippen molar-refractivity contribution in [3.05, 3.63) is 42.9 Å². The number of hydrogen-bond acceptors (Lipinski definition) is 0. The highest BCUT2D eigenvalue weighted by atomic mass is 13.9. The van der Waals surface area contributed by atoms with Crippen molar-refractivity contribution in [1.29, 1.82) is 0 Å². The van der Waals surface area contributed by atoms with Crippen LogP contribution in [0.5, 0.6) is 0 Å². The van der Waals surface area contributed by atoms with E-state index in [9.17, 15) is 0 Å². The highest BCUT2D eigenvalue weighted by Gasteiger charge is 1.84. The standard InChI is InChI=1S/C13H19/c1-2-4-6-8-10-12-13-11-9-7-5-3-1/h1-3,6,8,11,13H,4-5,7,9-10,12H2/b3-1+,8-6+,13-11+. The Morgan fingerprint density at radius 3 is 2.23 bits per heavy atom. The van der Waals surface area contributed by atoms with Gasteiger partial charge in [0.05, 0.1) is 0 Å². The molecule has 13 heavy (non-hydrogen) atoms. The third-order valence-electron chi connectivity index (χ3n) is 2.12. The third-order valence-corrected chi connectivity index (χ3v) is 2.12. The molecule has 0 saturated heterocycles. The minimum Gasteiger partial charge on any atom is -0.0885 e. The first-order chi connectivity index (χ1) is 6.50. The monoisotopic (exact) mass is 175 g/mol. The maximum absolute atomic E-state index is 2.31. The van der Waals surface area contributed by atoms with Gasteiger partial charge in [-0.05, 0) is 44.9 Å². The van der Waals surface area contributed by atoms with Crippen LogP contribution in [0, 0.1) is 6.42 Å². The Morgan fingerprint density at radius 1 is 0.615 bits per heavy atom. The van der Waals surface area contributed by atoms with Crippen molar-refractivity contribution in [3.8, 4) is 0 Å². The Morgan fingerprint density at radius 2 is 1.31 bits per heavy atom. The van der Waals surface area contributed by atoms with Gasteiger partial charge in [0.25, 0.3) is 0 Å². The molecule has 0 nitrogen and oxygen atoms in total. The quantitative estimate of drug-likeness (QED) is 0.484. The molecule has 71 valence electrons. The molecule has 0 aromatic heterocycles. The van der Waals surface area contributed by atoms with E-state index in [0.29, 0.717) is 0 Å². The van der Waals surface area contributed by atoms with Gasteiger partial charge in [0.1, 0.15) is 0 Å². The Labute approximate surface area is 82.0 Å². The summed E-state index contributed by atoms with van der Waals surface area (Å²) < 4.78 is 0. The van der Waals surface area contributed by atoms with E-state index in [4.69, 9.17) is 0 Å². The summed E-state index contributed by atoms with van der Waals surface area (Å²) in [4.78, 5) is 0. The SMILES string of the molecule is [CH]1/C=C/CCC/C=C/CC/C=C/C1. The molecule has 0 aromatic rings. The van der Waals surface area contributed by atoms with E-state index in [1.54, 1.807) is 0 Å². The van der Waals surface area contributed by atoms with Crippen molar-refractivity contribution in [2.45, 2.75) is 38.5 Å². The molecule has 1 aliphatic rings. The molecule has 0 aromatic carbocycles. The lowest BCUT2D eigenvalue weighted by Gasteiger charge is -1.89. The fourth-order valence-electron chi connectivity index (χ4n) is 1.35. The second kappa shape index (κ2) is 7.85. The average molecular weight is 175 g/mol. The largest absolute Gasteiger partial charge is 0.0885 e. The Bertz CT molecular complexity index is 164. The molecule has 1 aliphatic carbocycles. The van der Waals surface area contributed by atoms with Crippen LogP contribution in [0.25, 0.3) is 0 Å². The van der Waals surface area contributed by atoms with Crippen LogP contribution >= 0.6 is 0 Å². The lowest BCUT2D eigenvalue weighted by atomic mass is 10.2. The van der Waals surface area contributed by atoms with E-state index in [-0.39, 0.29) is 0 Å². The molecule has 1 rings (SSSR count). The average Bonchev–Trinajstić information content (AvgIpc) is 2.18. The molecule has 0 N–H and O–H groups in total. The van der Waals surface area contributed by atoms with Crippen molar-refractivity contribution in [3.63, 3.8) is 0 Å². The molecule has 0 heterocycles. The molecule has 0 aliphatic heterocycles. The number of hydrogen-bond donors (Lipinski definition) is 0. The summed E-state index contributed by atoms with van der Waals surface area (Å²) in [6.07, 6.45) is 23.0. The predicted octanol–water partition coefficient (Wildman–Crippen LogP) is 4.21. The second-order valence-electron chi connectivity index (χ2n) is 3.35. The van der Waals surface area contributed by atoms with Gasteiger partial charge in [0.15, 0.2) is 0 Å². The minimum atomic E-state index is 1.08. The maximum Gasteiger partial charge on any atom is -0.0133 e. The molecule has 0 unspecified atom stereocenters. The van der Waals surface area contributed by atoms with Crippen molar-refractivity contribution in [2.75, 3.05) is 0 Å². The molecule has 0 spiro atoms. The van der Waals surface area contributed by atoms with Crippen molar-refractivity contribution in [1.82, 2.24) is 0 Å². The predicted molar refractivity (Wildman–Crippen MR) is 59.4 cm³/mol. The van der Waals surface area contributed by atoms with E-state index >= 15 is 0 Å². The van der Waals surface area contributed by atoms with Gasteiger partial charge in [-0.25, -0.2) is 0 Å². The first-order valence-corrected chi connectivity index (χ1v) is 5.28. The fourth-order valence-corrected chi connectivity index (χ4v) is 1.35. The van der Waals surface area contributed by atoms with Gasteiger partial charge in [-0.15, -0.1) is 0 Å². The van der Waals surface area contributed by atoms with Crippen LogP contribution in [0.3, 0.4) is 0 Å². The Kier molecular flexibility index (Phi) is 6.22. The summed E-state index contributed by atoms with van der Waals surface area (Å²) in [5.41, 5.74) is 0. The van der Waals surface area contributed by atoms with Crippen molar-refractivity contribution >= 4 is 0 Å². The topological polar surface area (TPSA) is 0 Å². The van der Waals surface area contributed by atoms with Crippen molar-refractivity contribution in [2.24, 2.45) is 0 Å². The van der Waals surface area contributed by atoms with E-state index in [1.807, 2.05) is 0 Å². The van der Waals surface area contributed by atoms with Gasteiger partial charge in [-0.1, -0.05) is 36.5 Å². The van der Waals surface area contributed by atoms with Crippen LogP contribution in [-0.4, -0.2) is 0 Å². The zero-order valence-electron chi connectivity index (χ0n) is 8.28. The summed E-state index contributed by atoms with van der Waals surface area (Å²) in [5, 5.41) is 0. The van der Waals surface area contributed by atoms with Gasteiger partial charge in [-0.3, -0.25) is 0 Å².